The molecule has 0 aromatic heterocycles. The second kappa shape index (κ2) is 6.61. The molecule has 0 aliphatic carbocycles. The van der Waals surface area contributed by atoms with E-state index >= 15 is 0 Å². The molecule has 0 saturated carbocycles. The monoisotopic (exact) mass is 224 g/mol. The average molecular weight is 224 g/mol. The van der Waals surface area contributed by atoms with Crippen molar-refractivity contribution in [1.29, 1.82) is 0 Å². The van der Waals surface area contributed by atoms with Crippen molar-refractivity contribution in [3.8, 4) is 0 Å². The van der Waals surface area contributed by atoms with Crippen LogP contribution in [0, 0.1) is 11.8 Å². The smallest absolute Gasteiger partial charge is 0.000703 e. The molecule has 0 amide bonds. The molecule has 0 radical (unpaired) electrons. The lowest BCUT2D eigenvalue weighted by atomic mass is 9.93. The Bertz CT molecular complexity index is 187. The van der Waals surface area contributed by atoms with Crippen molar-refractivity contribution >= 4 is 0 Å². The molecule has 0 aromatic rings. The standard InChI is InChI=1S/C14H28N2/c1-13-4-2-10-16(12-13)11-3-5-14-6-8-15-9-7-14/h13-15H,2-12H2,1H3. The average Bonchev–Trinajstić information content (AvgIpc) is 2.30. The maximum Gasteiger partial charge on any atom is 0.000703 e. The van der Waals surface area contributed by atoms with E-state index < -0.39 is 0 Å². The molecule has 1 unspecified atom stereocenters. The summed E-state index contributed by atoms with van der Waals surface area (Å²) in [5.41, 5.74) is 0. The minimum Gasteiger partial charge on any atom is -0.317 e. The first kappa shape index (κ1) is 12.4. The van der Waals surface area contributed by atoms with Gasteiger partial charge in [0.25, 0.3) is 0 Å². The van der Waals surface area contributed by atoms with Crippen molar-refractivity contribution in [3.05, 3.63) is 0 Å². The predicted octanol–water partition coefficient (Wildman–Crippen LogP) is 2.50. The first-order valence-electron chi connectivity index (χ1n) is 7.27. The Morgan fingerprint density at radius 1 is 1.19 bits per heavy atom. The van der Waals surface area contributed by atoms with Crippen LogP contribution in [0.15, 0.2) is 0 Å². The van der Waals surface area contributed by atoms with Gasteiger partial charge in [0.1, 0.15) is 0 Å². The van der Waals surface area contributed by atoms with Gasteiger partial charge in [0, 0.05) is 6.54 Å². The molecule has 2 heterocycles. The summed E-state index contributed by atoms with van der Waals surface area (Å²) in [4.78, 5) is 2.69. The van der Waals surface area contributed by atoms with Crippen molar-refractivity contribution in [3.63, 3.8) is 0 Å². The zero-order chi connectivity index (χ0) is 11.2. The van der Waals surface area contributed by atoms with Crippen LogP contribution in [-0.2, 0) is 0 Å². The van der Waals surface area contributed by atoms with Gasteiger partial charge in [0.2, 0.25) is 0 Å². The molecular formula is C14H28N2. The summed E-state index contributed by atoms with van der Waals surface area (Å²) in [6, 6.07) is 0. The Morgan fingerprint density at radius 2 is 2.00 bits per heavy atom. The van der Waals surface area contributed by atoms with Crippen LogP contribution < -0.4 is 5.32 Å². The number of rotatable bonds is 4. The van der Waals surface area contributed by atoms with E-state index in [1.165, 1.54) is 71.2 Å². The Balaban J connectivity index is 1.56. The summed E-state index contributed by atoms with van der Waals surface area (Å²) in [5.74, 6) is 1.95. The third kappa shape index (κ3) is 4.06. The summed E-state index contributed by atoms with van der Waals surface area (Å²) in [7, 11) is 0. The highest BCUT2D eigenvalue weighted by Crippen LogP contribution is 2.20. The summed E-state index contributed by atoms with van der Waals surface area (Å²) in [5, 5.41) is 3.45. The largest absolute Gasteiger partial charge is 0.317 e. The van der Waals surface area contributed by atoms with Crippen LogP contribution in [0.2, 0.25) is 0 Å². The Morgan fingerprint density at radius 3 is 2.75 bits per heavy atom. The lowest BCUT2D eigenvalue weighted by Gasteiger charge is -2.31. The first-order valence-corrected chi connectivity index (χ1v) is 7.27. The summed E-state index contributed by atoms with van der Waals surface area (Å²) >= 11 is 0. The van der Waals surface area contributed by atoms with Gasteiger partial charge in [-0.2, -0.15) is 0 Å². The highest BCUT2D eigenvalue weighted by Gasteiger charge is 2.17. The maximum absolute atomic E-state index is 3.45. The zero-order valence-electron chi connectivity index (χ0n) is 10.9. The first-order chi connectivity index (χ1) is 7.84. The van der Waals surface area contributed by atoms with Gasteiger partial charge >= 0.3 is 0 Å². The van der Waals surface area contributed by atoms with Gasteiger partial charge in [-0.05, 0) is 76.5 Å². The molecule has 1 N–H and O–H groups in total. The Kier molecular flexibility index (Phi) is 5.11. The summed E-state index contributed by atoms with van der Waals surface area (Å²) in [6.45, 7) is 8.98. The minimum atomic E-state index is 0.938. The molecule has 2 aliphatic rings. The molecule has 2 heteroatoms. The minimum absolute atomic E-state index is 0.938. The second-order valence-corrected chi connectivity index (χ2v) is 5.88. The van der Waals surface area contributed by atoms with Crippen LogP contribution in [0.4, 0.5) is 0 Å². The van der Waals surface area contributed by atoms with E-state index in [1.807, 2.05) is 0 Å². The number of nitrogens with zero attached hydrogens (tertiary/aromatic N) is 1. The molecular weight excluding hydrogens is 196 g/mol. The molecule has 2 aliphatic heterocycles. The molecule has 0 bridgehead atoms. The Hall–Kier alpha value is -0.0800. The fourth-order valence-corrected chi connectivity index (χ4v) is 3.26. The molecule has 2 nitrogen and oxygen atoms in total. The number of nitrogens with one attached hydrogen (secondary N) is 1. The van der Waals surface area contributed by atoms with Crippen LogP contribution in [0.25, 0.3) is 0 Å². The predicted molar refractivity (Wildman–Crippen MR) is 69.7 cm³/mol. The van der Waals surface area contributed by atoms with Crippen molar-refractivity contribution in [2.75, 3.05) is 32.7 Å². The normalized spacial score (nSPS) is 29.4. The van der Waals surface area contributed by atoms with E-state index in [-0.39, 0.29) is 0 Å². The number of hydrogen-bond donors (Lipinski definition) is 1. The molecule has 2 fully saturated rings. The molecule has 2 saturated heterocycles. The van der Waals surface area contributed by atoms with Gasteiger partial charge < -0.3 is 10.2 Å². The number of hydrogen-bond acceptors (Lipinski definition) is 2. The van der Waals surface area contributed by atoms with E-state index in [4.69, 9.17) is 0 Å². The fourth-order valence-electron chi connectivity index (χ4n) is 3.26. The quantitative estimate of drug-likeness (QED) is 0.789. The summed E-state index contributed by atoms with van der Waals surface area (Å²) < 4.78 is 0. The number of piperidine rings is 2. The van der Waals surface area contributed by atoms with Crippen molar-refractivity contribution in [2.24, 2.45) is 11.8 Å². The molecule has 16 heavy (non-hydrogen) atoms. The summed E-state index contributed by atoms with van der Waals surface area (Å²) in [6.07, 6.45) is 8.59. The van der Waals surface area contributed by atoms with E-state index in [0.717, 1.165) is 11.8 Å². The maximum atomic E-state index is 3.45. The van der Waals surface area contributed by atoms with Gasteiger partial charge in [-0.1, -0.05) is 6.92 Å². The van der Waals surface area contributed by atoms with E-state index in [2.05, 4.69) is 17.1 Å². The van der Waals surface area contributed by atoms with Crippen LogP contribution in [0.5, 0.6) is 0 Å². The Labute approximate surface area is 101 Å². The van der Waals surface area contributed by atoms with Crippen molar-refractivity contribution < 1.29 is 0 Å². The third-order valence-electron chi connectivity index (χ3n) is 4.29. The van der Waals surface area contributed by atoms with Crippen LogP contribution in [0.1, 0.15) is 45.4 Å². The van der Waals surface area contributed by atoms with Gasteiger partial charge in [-0.3, -0.25) is 0 Å². The zero-order valence-corrected chi connectivity index (χ0v) is 10.9. The lowest BCUT2D eigenvalue weighted by Crippen LogP contribution is -2.35. The SMILES string of the molecule is CC1CCCN(CCCC2CCNCC2)C1. The topological polar surface area (TPSA) is 15.3 Å². The van der Waals surface area contributed by atoms with Gasteiger partial charge in [0.15, 0.2) is 0 Å². The van der Waals surface area contributed by atoms with Crippen molar-refractivity contribution in [2.45, 2.75) is 45.4 Å². The molecule has 2 rings (SSSR count). The van der Waals surface area contributed by atoms with Gasteiger partial charge in [-0.25, -0.2) is 0 Å². The van der Waals surface area contributed by atoms with E-state index in [1.54, 1.807) is 0 Å². The lowest BCUT2D eigenvalue weighted by molar-refractivity contribution is 0.176. The van der Waals surface area contributed by atoms with Crippen molar-refractivity contribution in [1.82, 2.24) is 10.2 Å². The fraction of sp³-hybridized carbons (Fsp3) is 1.00. The number of likely N-dealkylation sites (tertiary alicyclic amines) is 1. The molecule has 1 atom stereocenters. The van der Waals surface area contributed by atoms with E-state index in [9.17, 15) is 0 Å². The third-order valence-corrected chi connectivity index (χ3v) is 4.29. The van der Waals surface area contributed by atoms with Gasteiger partial charge in [0.05, 0.1) is 0 Å². The second-order valence-electron chi connectivity index (χ2n) is 5.88. The van der Waals surface area contributed by atoms with Crippen LogP contribution >= 0.6 is 0 Å². The van der Waals surface area contributed by atoms with Crippen LogP contribution in [0.3, 0.4) is 0 Å². The van der Waals surface area contributed by atoms with Gasteiger partial charge in [-0.15, -0.1) is 0 Å². The molecule has 94 valence electrons. The highest BCUT2D eigenvalue weighted by atomic mass is 15.1. The highest BCUT2D eigenvalue weighted by molar-refractivity contribution is 4.72. The van der Waals surface area contributed by atoms with E-state index in [0.29, 0.717) is 0 Å². The molecule has 0 spiro atoms. The molecule has 0 aromatic carbocycles. The van der Waals surface area contributed by atoms with Crippen LogP contribution in [-0.4, -0.2) is 37.6 Å².